The highest BCUT2D eigenvalue weighted by atomic mass is 16.7. The van der Waals surface area contributed by atoms with Crippen LogP contribution in [0.4, 0.5) is 0 Å². The Morgan fingerprint density at radius 2 is 1.26 bits per heavy atom. The molecule has 8 N–H and O–H groups in total. The van der Waals surface area contributed by atoms with Gasteiger partial charge in [-0.25, -0.2) is 0 Å². The van der Waals surface area contributed by atoms with Crippen LogP contribution in [0, 0.1) is 0 Å². The molecule has 11 heteroatoms. The molecule has 0 bridgehead atoms. The Morgan fingerprint density at radius 1 is 0.652 bits per heavy atom. The standard InChI is InChI=1S/C12H22O11/c13-1-3-5(15)6(16)9(19)12(22-3)23-10-4(2-14)21-11(20)8(18)7(10)17/h3-20H,1-2H2/t3-,4-,5-,6-,7+,8+,9-,10-,11-,12+/m1/s1. The minimum absolute atomic E-state index is 0.667. The van der Waals surface area contributed by atoms with E-state index >= 15 is 0 Å². The van der Waals surface area contributed by atoms with Gasteiger partial charge in [0.25, 0.3) is 0 Å². The van der Waals surface area contributed by atoms with Crippen molar-refractivity contribution < 1.29 is 55.1 Å². The summed E-state index contributed by atoms with van der Waals surface area (Å²) in [5.74, 6) is 0. The summed E-state index contributed by atoms with van der Waals surface area (Å²) in [6.45, 7) is -1.35. The van der Waals surface area contributed by atoms with Crippen LogP contribution in [-0.2, 0) is 14.2 Å². The van der Waals surface area contributed by atoms with Crippen LogP contribution in [0.3, 0.4) is 0 Å². The van der Waals surface area contributed by atoms with Gasteiger partial charge in [-0.1, -0.05) is 0 Å². The van der Waals surface area contributed by atoms with Crippen LogP contribution in [0.25, 0.3) is 0 Å². The topological polar surface area (TPSA) is 190 Å². The fourth-order valence-electron chi connectivity index (χ4n) is 2.57. The molecule has 0 unspecified atom stereocenters. The van der Waals surface area contributed by atoms with Crippen LogP contribution in [0.5, 0.6) is 0 Å². The van der Waals surface area contributed by atoms with Crippen molar-refractivity contribution in [3.8, 4) is 0 Å². The van der Waals surface area contributed by atoms with E-state index in [0.29, 0.717) is 0 Å². The van der Waals surface area contributed by atoms with Crippen molar-refractivity contribution in [2.45, 2.75) is 61.4 Å². The maximum atomic E-state index is 9.94. The highest BCUT2D eigenvalue weighted by Crippen LogP contribution is 2.28. The van der Waals surface area contributed by atoms with E-state index in [0.717, 1.165) is 0 Å². The first-order valence-electron chi connectivity index (χ1n) is 7.08. The first-order chi connectivity index (χ1) is 10.8. The van der Waals surface area contributed by atoms with Gasteiger partial charge in [0.1, 0.15) is 48.8 Å². The lowest BCUT2D eigenvalue weighted by Gasteiger charge is -2.45. The first kappa shape index (κ1) is 18.9. The summed E-state index contributed by atoms with van der Waals surface area (Å²) in [4.78, 5) is 0. The summed E-state index contributed by atoms with van der Waals surface area (Å²) in [6, 6.07) is 0. The quantitative estimate of drug-likeness (QED) is 0.243. The smallest absolute Gasteiger partial charge is 0.187 e. The summed E-state index contributed by atoms with van der Waals surface area (Å²) in [5, 5.41) is 76.5. The fraction of sp³-hybridized carbons (Fsp3) is 1.00. The molecule has 0 amide bonds. The summed E-state index contributed by atoms with van der Waals surface area (Å²) >= 11 is 0. The van der Waals surface area contributed by atoms with Gasteiger partial charge in [0.2, 0.25) is 0 Å². The molecule has 11 nitrogen and oxygen atoms in total. The van der Waals surface area contributed by atoms with Gasteiger partial charge in [0.05, 0.1) is 13.2 Å². The molecule has 0 spiro atoms. The molecule has 2 saturated heterocycles. The van der Waals surface area contributed by atoms with Gasteiger partial charge >= 0.3 is 0 Å². The largest absolute Gasteiger partial charge is 0.394 e. The van der Waals surface area contributed by atoms with Crippen molar-refractivity contribution in [2.24, 2.45) is 0 Å². The van der Waals surface area contributed by atoms with Gasteiger partial charge in [0.15, 0.2) is 12.6 Å². The van der Waals surface area contributed by atoms with Crippen LogP contribution in [0.2, 0.25) is 0 Å². The molecule has 2 aliphatic rings. The number of aliphatic hydroxyl groups excluding tert-OH is 8. The van der Waals surface area contributed by atoms with E-state index in [1.54, 1.807) is 0 Å². The summed E-state index contributed by atoms with van der Waals surface area (Å²) in [7, 11) is 0. The van der Waals surface area contributed by atoms with Crippen molar-refractivity contribution in [2.75, 3.05) is 13.2 Å². The number of hydrogen-bond acceptors (Lipinski definition) is 11. The summed E-state index contributed by atoms with van der Waals surface area (Å²) in [6.07, 6.45) is -15.6. The van der Waals surface area contributed by atoms with Crippen molar-refractivity contribution in [3.05, 3.63) is 0 Å². The Kier molecular flexibility index (Phi) is 6.27. The zero-order chi connectivity index (χ0) is 17.3. The molecule has 0 aromatic heterocycles. The second kappa shape index (κ2) is 7.63. The maximum Gasteiger partial charge on any atom is 0.187 e. The Morgan fingerprint density at radius 3 is 1.83 bits per heavy atom. The number of aliphatic hydroxyl groups is 8. The third-order valence-corrected chi connectivity index (χ3v) is 3.98. The Hall–Kier alpha value is -0.440. The van der Waals surface area contributed by atoms with Gasteiger partial charge in [-0.3, -0.25) is 0 Å². The monoisotopic (exact) mass is 342 g/mol. The van der Waals surface area contributed by atoms with E-state index in [1.807, 2.05) is 0 Å². The molecule has 0 aromatic carbocycles. The molecule has 0 saturated carbocycles. The minimum Gasteiger partial charge on any atom is -0.394 e. The van der Waals surface area contributed by atoms with Gasteiger partial charge in [0, 0.05) is 0 Å². The van der Waals surface area contributed by atoms with Crippen LogP contribution in [-0.4, -0.2) is 115 Å². The third kappa shape index (κ3) is 3.65. The lowest BCUT2D eigenvalue weighted by molar-refractivity contribution is -0.355. The lowest BCUT2D eigenvalue weighted by Crippen LogP contribution is -2.64. The van der Waals surface area contributed by atoms with Crippen LogP contribution in [0.1, 0.15) is 0 Å². The molecule has 0 aromatic rings. The van der Waals surface area contributed by atoms with E-state index in [4.69, 9.17) is 19.3 Å². The van der Waals surface area contributed by atoms with Gasteiger partial charge in [-0.15, -0.1) is 0 Å². The highest BCUT2D eigenvalue weighted by molar-refractivity contribution is 4.93. The number of hydrogen-bond donors (Lipinski definition) is 8. The average molecular weight is 342 g/mol. The predicted molar refractivity (Wildman–Crippen MR) is 68.6 cm³/mol. The van der Waals surface area contributed by atoms with Crippen LogP contribution in [0.15, 0.2) is 0 Å². The number of rotatable bonds is 4. The van der Waals surface area contributed by atoms with Gasteiger partial charge in [-0.05, 0) is 0 Å². The van der Waals surface area contributed by atoms with Crippen molar-refractivity contribution in [1.29, 1.82) is 0 Å². The van der Waals surface area contributed by atoms with Gasteiger partial charge in [-0.2, -0.15) is 0 Å². The van der Waals surface area contributed by atoms with Crippen LogP contribution >= 0.6 is 0 Å². The van der Waals surface area contributed by atoms with Crippen LogP contribution < -0.4 is 0 Å². The summed E-state index contributed by atoms with van der Waals surface area (Å²) in [5.41, 5.74) is 0. The molecule has 23 heavy (non-hydrogen) atoms. The predicted octanol–water partition coefficient (Wildman–Crippen LogP) is -5.40. The zero-order valence-electron chi connectivity index (χ0n) is 12.0. The second-order valence-electron chi connectivity index (χ2n) is 5.53. The molecular weight excluding hydrogens is 320 g/mol. The lowest BCUT2D eigenvalue weighted by atomic mass is 9.97. The Labute approximate surface area is 130 Å². The molecule has 2 fully saturated rings. The van der Waals surface area contributed by atoms with Gasteiger partial charge < -0.3 is 55.1 Å². The van der Waals surface area contributed by atoms with E-state index in [-0.39, 0.29) is 0 Å². The molecule has 0 aliphatic carbocycles. The second-order valence-corrected chi connectivity index (χ2v) is 5.53. The molecule has 136 valence electrons. The zero-order valence-corrected chi connectivity index (χ0v) is 12.0. The molecule has 2 heterocycles. The Balaban J connectivity index is 2.11. The van der Waals surface area contributed by atoms with Crippen molar-refractivity contribution >= 4 is 0 Å². The van der Waals surface area contributed by atoms with E-state index < -0.39 is 74.6 Å². The number of ether oxygens (including phenoxy) is 3. The Bertz CT molecular complexity index is 378. The molecular formula is C12H22O11. The summed E-state index contributed by atoms with van der Waals surface area (Å²) < 4.78 is 15.3. The first-order valence-corrected chi connectivity index (χ1v) is 7.08. The molecule has 10 atom stereocenters. The van der Waals surface area contributed by atoms with E-state index in [9.17, 15) is 35.7 Å². The minimum atomic E-state index is -1.74. The van der Waals surface area contributed by atoms with Crippen molar-refractivity contribution in [1.82, 2.24) is 0 Å². The SMILES string of the molecule is OC[C@H]1O[C@@H](O[C@H]2[C@@H](O)[C@H](O)[C@H](O)O[C@@H]2CO)[C@H](O)[C@H](O)[C@@H]1O. The average Bonchev–Trinajstić information content (AvgIpc) is 2.55. The molecule has 2 aliphatic heterocycles. The fourth-order valence-corrected chi connectivity index (χ4v) is 2.57. The molecule has 0 radical (unpaired) electrons. The van der Waals surface area contributed by atoms with E-state index in [1.165, 1.54) is 0 Å². The molecule has 2 rings (SSSR count). The maximum absolute atomic E-state index is 9.94. The van der Waals surface area contributed by atoms with Crippen molar-refractivity contribution in [3.63, 3.8) is 0 Å². The highest BCUT2D eigenvalue weighted by Gasteiger charge is 2.50. The van der Waals surface area contributed by atoms with E-state index in [2.05, 4.69) is 0 Å². The third-order valence-electron chi connectivity index (χ3n) is 3.98. The normalized spacial score (nSPS) is 51.7.